The maximum atomic E-state index is 12.1. The van der Waals surface area contributed by atoms with Crippen molar-refractivity contribution in [3.05, 3.63) is 0 Å². The second-order valence-electron chi connectivity index (χ2n) is 5.22. The van der Waals surface area contributed by atoms with Gasteiger partial charge in [-0.25, -0.2) is 0 Å². The molecule has 17 heavy (non-hydrogen) atoms. The van der Waals surface area contributed by atoms with E-state index in [1.165, 1.54) is 19.3 Å². The first-order chi connectivity index (χ1) is 8.08. The summed E-state index contributed by atoms with van der Waals surface area (Å²) in [5.41, 5.74) is -0.151. The van der Waals surface area contributed by atoms with Gasteiger partial charge in [-0.2, -0.15) is 0 Å². The number of alkyl halides is 1. The van der Waals surface area contributed by atoms with Crippen molar-refractivity contribution in [3.63, 3.8) is 0 Å². The number of nitrogens with one attached hydrogen (secondary N) is 1. The summed E-state index contributed by atoms with van der Waals surface area (Å²) in [7, 11) is 1.64. The highest BCUT2D eigenvalue weighted by atomic mass is 35.5. The average molecular weight is 262 g/mol. The van der Waals surface area contributed by atoms with Gasteiger partial charge >= 0.3 is 0 Å². The molecule has 0 aromatic rings. The van der Waals surface area contributed by atoms with Crippen LogP contribution in [0.4, 0.5) is 0 Å². The molecule has 0 aromatic carbocycles. The van der Waals surface area contributed by atoms with Crippen LogP contribution in [0.2, 0.25) is 0 Å². The predicted molar refractivity (Wildman–Crippen MR) is 70.3 cm³/mol. The second kappa shape index (κ2) is 7.22. The highest BCUT2D eigenvalue weighted by molar-refractivity contribution is 6.20. The minimum Gasteiger partial charge on any atom is -0.383 e. The summed E-state index contributed by atoms with van der Waals surface area (Å²) >= 11 is 6.01. The number of hydrogen-bond donors (Lipinski definition) is 1. The monoisotopic (exact) mass is 261 g/mol. The van der Waals surface area contributed by atoms with Crippen LogP contribution in [0.5, 0.6) is 0 Å². The molecule has 1 fully saturated rings. The molecule has 1 aliphatic rings. The molecule has 0 aromatic heterocycles. The molecule has 1 N–H and O–H groups in total. The van der Waals surface area contributed by atoms with E-state index in [4.69, 9.17) is 16.3 Å². The Morgan fingerprint density at radius 3 is 2.65 bits per heavy atom. The van der Waals surface area contributed by atoms with Gasteiger partial charge in [-0.1, -0.05) is 26.2 Å². The zero-order valence-electron chi connectivity index (χ0n) is 10.9. The van der Waals surface area contributed by atoms with Crippen molar-refractivity contribution in [3.8, 4) is 0 Å². The first kappa shape index (κ1) is 14.8. The van der Waals surface area contributed by atoms with Gasteiger partial charge in [-0.15, -0.1) is 11.6 Å². The lowest BCUT2D eigenvalue weighted by Crippen LogP contribution is -2.41. The van der Waals surface area contributed by atoms with Crippen LogP contribution >= 0.6 is 11.6 Å². The SMILES string of the molecule is COCC(Cl)CCNC(=O)C1(C)CCCCC1. The number of carbonyl (C=O) groups excluding carboxylic acids is 1. The van der Waals surface area contributed by atoms with Gasteiger partial charge in [0.15, 0.2) is 0 Å². The third-order valence-corrected chi connectivity index (χ3v) is 3.94. The molecule has 0 saturated heterocycles. The minimum absolute atomic E-state index is 0.0144. The van der Waals surface area contributed by atoms with Crippen LogP contribution in [0.15, 0.2) is 0 Å². The lowest BCUT2D eigenvalue weighted by atomic mass is 9.75. The van der Waals surface area contributed by atoms with Crippen LogP contribution in [0.1, 0.15) is 45.4 Å². The summed E-state index contributed by atoms with van der Waals surface area (Å²) < 4.78 is 4.95. The fraction of sp³-hybridized carbons (Fsp3) is 0.923. The lowest BCUT2D eigenvalue weighted by Gasteiger charge is -2.32. The van der Waals surface area contributed by atoms with E-state index in [0.29, 0.717) is 13.2 Å². The number of rotatable bonds is 6. The molecule has 0 aliphatic heterocycles. The summed E-state index contributed by atoms with van der Waals surface area (Å²) in [4.78, 5) is 12.1. The topological polar surface area (TPSA) is 38.3 Å². The van der Waals surface area contributed by atoms with Gasteiger partial charge in [0, 0.05) is 19.1 Å². The Morgan fingerprint density at radius 1 is 1.41 bits per heavy atom. The first-order valence-electron chi connectivity index (χ1n) is 6.50. The Labute approximate surface area is 109 Å². The molecule has 1 saturated carbocycles. The summed E-state index contributed by atoms with van der Waals surface area (Å²) in [6.45, 7) is 3.26. The van der Waals surface area contributed by atoms with E-state index >= 15 is 0 Å². The molecule has 4 heteroatoms. The Bertz CT molecular complexity index is 240. The van der Waals surface area contributed by atoms with Crippen molar-refractivity contribution in [2.45, 2.75) is 50.8 Å². The van der Waals surface area contributed by atoms with Crippen molar-refractivity contribution in [2.75, 3.05) is 20.3 Å². The molecule has 1 rings (SSSR count). The maximum Gasteiger partial charge on any atom is 0.225 e. The van der Waals surface area contributed by atoms with Crippen molar-refractivity contribution < 1.29 is 9.53 Å². The summed E-state index contributed by atoms with van der Waals surface area (Å²) in [6.07, 6.45) is 6.40. The summed E-state index contributed by atoms with van der Waals surface area (Å²) in [6, 6.07) is 0. The predicted octanol–water partition coefficient (Wildman–Crippen LogP) is 2.72. The Morgan fingerprint density at radius 2 is 2.06 bits per heavy atom. The molecule has 1 unspecified atom stereocenters. The van der Waals surface area contributed by atoms with E-state index in [9.17, 15) is 4.79 Å². The molecular weight excluding hydrogens is 238 g/mol. The van der Waals surface area contributed by atoms with E-state index < -0.39 is 0 Å². The van der Waals surface area contributed by atoms with Gasteiger partial charge in [0.25, 0.3) is 0 Å². The van der Waals surface area contributed by atoms with Crippen LogP contribution in [0.25, 0.3) is 0 Å². The van der Waals surface area contributed by atoms with E-state index in [2.05, 4.69) is 12.2 Å². The maximum absolute atomic E-state index is 12.1. The molecule has 0 bridgehead atoms. The van der Waals surface area contributed by atoms with E-state index in [1.54, 1.807) is 7.11 Å². The fourth-order valence-corrected chi connectivity index (χ4v) is 2.61. The second-order valence-corrected chi connectivity index (χ2v) is 5.84. The van der Waals surface area contributed by atoms with Crippen LogP contribution in [-0.4, -0.2) is 31.5 Å². The van der Waals surface area contributed by atoms with Gasteiger partial charge in [0.1, 0.15) is 0 Å². The molecule has 1 aliphatic carbocycles. The van der Waals surface area contributed by atoms with Crippen molar-refractivity contribution in [2.24, 2.45) is 5.41 Å². The van der Waals surface area contributed by atoms with Gasteiger partial charge in [0.05, 0.1) is 12.0 Å². The van der Waals surface area contributed by atoms with Crippen molar-refractivity contribution in [1.82, 2.24) is 5.32 Å². The van der Waals surface area contributed by atoms with Gasteiger partial charge in [-0.3, -0.25) is 4.79 Å². The van der Waals surface area contributed by atoms with Crippen molar-refractivity contribution >= 4 is 17.5 Å². The van der Waals surface area contributed by atoms with Crippen LogP contribution in [0.3, 0.4) is 0 Å². The lowest BCUT2D eigenvalue weighted by molar-refractivity contribution is -0.131. The molecule has 0 spiro atoms. The zero-order chi connectivity index (χ0) is 12.7. The molecule has 0 heterocycles. The number of methoxy groups -OCH3 is 1. The number of amides is 1. The largest absolute Gasteiger partial charge is 0.383 e. The third kappa shape index (κ3) is 4.84. The normalized spacial score (nSPS) is 20.9. The van der Waals surface area contributed by atoms with Crippen LogP contribution < -0.4 is 5.32 Å². The fourth-order valence-electron chi connectivity index (χ4n) is 2.38. The smallest absolute Gasteiger partial charge is 0.225 e. The Hall–Kier alpha value is -0.280. The first-order valence-corrected chi connectivity index (χ1v) is 6.93. The molecular formula is C13H24ClNO2. The minimum atomic E-state index is -0.151. The third-order valence-electron chi connectivity index (χ3n) is 3.60. The average Bonchev–Trinajstić information content (AvgIpc) is 2.30. The molecule has 1 amide bonds. The standard InChI is InChI=1S/C13H24ClNO2/c1-13(7-4-3-5-8-13)12(16)15-9-6-11(14)10-17-2/h11H,3-10H2,1-2H3,(H,15,16). The van der Waals surface area contributed by atoms with E-state index in [0.717, 1.165) is 19.3 Å². The number of ether oxygens (including phenoxy) is 1. The molecule has 0 radical (unpaired) electrons. The van der Waals surface area contributed by atoms with Crippen LogP contribution in [-0.2, 0) is 9.53 Å². The Kier molecular flexibility index (Phi) is 6.28. The molecule has 1 atom stereocenters. The Balaban J connectivity index is 2.24. The highest BCUT2D eigenvalue weighted by Gasteiger charge is 2.34. The van der Waals surface area contributed by atoms with E-state index in [-0.39, 0.29) is 16.7 Å². The van der Waals surface area contributed by atoms with E-state index in [1.807, 2.05) is 0 Å². The number of carbonyl (C=O) groups is 1. The zero-order valence-corrected chi connectivity index (χ0v) is 11.7. The number of hydrogen-bond acceptors (Lipinski definition) is 2. The quantitative estimate of drug-likeness (QED) is 0.747. The van der Waals surface area contributed by atoms with Crippen LogP contribution in [0, 0.1) is 5.41 Å². The molecule has 3 nitrogen and oxygen atoms in total. The van der Waals surface area contributed by atoms with Gasteiger partial charge < -0.3 is 10.1 Å². The highest BCUT2D eigenvalue weighted by Crippen LogP contribution is 2.35. The van der Waals surface area contributed by atoms with Gasteiger partial charge in [0.2, 0.25) is 5.91 Å². The van der Waals surface area contributed by atoms with Gasteiger partial charge in [-0.05, 0) is 19.3 Å². The summed E-state index contributed by atoms with van der Waals surface area (Å²) in [5.74, 6) is 0.193. The summed E-state index contributed by atoms with van der Waals surface area (Å²) in [5, 5.41) is 2.99. The number of halogens is 1. The van der Waals surface area contributed by atoms with Crippen molar-refractivity contribution in [1.29, 1.82) is 0 Å². The molecule has 100 valence electrons.